The van der Waals surface area contributed by atoms with Gasteiger partial charge in [0.25, 0.3) is 5.91 Å². The highest BCUT2D eigenvalue weighted by atomic mass is 32.1. The molecule has 0 N–H and O–H groups in total. The van der Waals surface area contributed by atoms with Crippen molar-refractivity contribution in [2.75, 3.05) is 47.0 Å². The molecule has 1 saturated heterocycles. The van der Waals surface area contributed by atoms with E-state index in [2.05, 4.69) is 10.3 Å². The monoisotopic (exact) mass is 481 g/mol. The molecule has 2 aliphatic heterocycles. The Morgan fingerprint density at radius 2 is 1.85 bits per heavy atom. The van der Waals surface area contributed by atoms with E-state index in [1.54, 1.807) is 25.6 Å². The molecule has 0 spiro atoms. The first-order chi connectivity index (χ1) is 16.7. The molecular formula is C25H27N3O5S. The van der Waals surface area contributed by atoms with Crippen molar-refractivity contribution in [1.82, 2.24) is 14.8 Å². The number of carbonyl (C=O) groups is 1. The van der Waals surface area contributed by atoms with Crippen LogP contribution >= 0.6 is 11.3 Å². The van der Waals surface area contributed by atoms with Crippen LogP contribution in [0.2, 0.25) is 0 Å². The zero-order valence-corrected chi connectivity index (χ0v) is 20.0. The van der Waals surface area contributed by atoms with Gasteiger partial charge in [0.05, 0.1) is 25.5 Å². The first kappa shape index (κ1) is 22.5. The molecule has 0 saturated carbocycles. The maximum atomic E-state index is 13.0. The van der Waals surface area contributed by atoms with E-state index < -0.39 is 6.10 Å². The lowest BCUT2D eigenvalue weighted by Crippen LogP contribution is -2.53. The van der Waals surface area contributed by atoms with E-state index in [1.807, 2.05) is 47.4 Å². The maximum absolute atomic E-state index is 13.0. The highest BCUT2D eigenvalue weighted by Crippen LogP contribution is 2.39. The molecule has 1 atom stereocenters. The molecule has 1 amide bonds. The predicted molar refractivity (Wildman–Crippen MR) is 129 cm³/mol. The van der Waals surface area contributed by atoms with E-state index in [0.717, 1.165) is 35.9 Å². The van der Waals surface area contributed by atoms with Crippen LogP contribution in [0.4, 0.5) is 0 Å². The Kier molecular flexibility index (Phi) is 6.55. The minimum Gasteiger partial charge on any atom is -0.493 e. The first-order valence-corrected chi connectivity index (χ1v) is 12.1. The van der Waals surface area contributed by atoms with E-state index in [9.17, 15) is 4.79 Å². The maximum Gasteiger partial charge on any atom is 0.267 e. The zero-order chi connectivity index (χ0) is 23.5. The number of rotatable bonds is 6. The highest BCUT2D eigenvalue weighted by molar-refractivity contribution is 7.13. The molecule has 5 rings (SSSR count). The molecular weight excluding hydrogens is 454 g/mol. The van der Waals surface area contributed by atoms with Crippen LogP contribution in [0.3, 0.4) is 0 Å². The highest BCUT2D eigenvalue weighted by Gasteiger charge is 2.32. The molecule has 3 aromatic rings. The van der Waals surface area contributed by atoms with Gasteiger partial charge in [-0.2, -0.15) is 0 Å². The van der Waals surface area contributed by atoms with Crippen LogP contribution in [0.25, 0.3) is 10.6 Å². The van der Waals surface area contributed by atoms with Crippen molar-refractivity contribution in [3.8, 4) is 33.6 Å². The number of nitrogens with zero attached hydrogens (tertiary/aromatic N) is 3. The van der Waals surface area contributed by atoms with Gasteiger partial charge in [0.1, 0.15) is 11.6 Å². The molecule has 2 aromatic carbocycles. The summed E-state index contributed by atoms with van der Waals surface area (Å²) in [5, 5.41) is 2.98. The van der Waals surface area contributed by atoms with E-state index in [4.69, 9.17) is 23.9 Å². The normalized spacial score (nSPS) is 17.9. The molecule has 3 heterocycles. The van der Waals surface area contributed by atoms with Gasteiger partial charge in [-0.05, 0) is 24.3 Å². The Morgan fingerprint density at radius 1 is 1.06 bits per heavy atom. The Bertz CT molecular complexity index is 1160. The molecule has 1 aromatic heterocycles. The number of methoxy groups -OCH3 is 2. The van der Waals surface area contributed by atoms with E-state index in [0.29, 0.717) is 36.1 Å². The lowest BCUT2D eigenvalue weighted by molar-refractivity contribution is -0.143. The van der Waals surface area contributed by atoms with Crippen molar-refractivity contribution < 1.29 is 23.7 Å². The van der Waals surface area contributed by atoms with Crippen LogP contribution in [0, 0.1) is 0 Å². The second kappa shape index (κ2) is 9.90. The quantitative estimate of drug-likeness (QED) is 0.535. The second-order valence-electron chi connectivity index (χ2n) is 8.15. The fraction of sp³-hybridized carbons (Fsp3) is 0.360. The molecule has 8 nitrogen and oxygen atoms in total. The molecule has 178 valence electrons. The number of hydrogen-bond donors (Lipinski definition) is 0. The lowest BCUT2D eigenvalue weighted by Gasteiger charge is -2.36. The number of ether oxygens (including phenoxy) is 4. The molecule has 0 aliphatic carbocycles. The Labute approximate surface area is 202 Å². The van der Waals surface area contributed by atoms with Crippen LogP contribution < -0.4 is 18.9 Å². The number of benzene rings is 2. The van der Waals surface area contributed by atoms with Gasteiger partial charge in [-0.25, -0.2) is 4.98 Å². The van der Waals surface area contributed by atoms with Gasteiger partial charge in [-0.3, -0.25) is 9.69 Å². The summed E-state index contributed by atoms with van der Waals surface area (Å²) in [7, 11) is 3.27. The van der Waals surface area contributed by atoms with Gasteiger partial charge >= 0.3 is 0 Å². The molecule has 0 radical (unpaired) electrons. The Hall–Kier alpha value is -3.30. The summed E-state index contributed by atoms with van der Waals surface area (Å²) in [4.78, 5) is 22.0. The second-order valence-corrected chi connectivity index (χ2v) is 9.01. The Morgan fingerprint density at radius 3 is 2.62 bits per heavy atom. The largest absolute Gasteiger partial charge is 0.493 e. The zero-order valence-electron chi connectivity index (χ0n) is 19.2. The summed E-state index contributed by atoms with van der Waals surface area (Å²) in [6, 6.07) is 13.3. The lowest BCUT2D eigenvalue weighted by atomic mass is 10.2. The molecule has 1 fully saturated rings. The SMILES string of the molecule is COc1cccc(-c2nc(CN3CCN(C(=O)[C@@H]4COc5ccccc5O4)CC3)cs2)c1OC. The summed E-state index contributed by atoms with van der Waals surface area (Å²) < 4.78 is 22.6. The van der Waals surface area contributed by atoms with Crippen molar-refractivity contribution in [2.24, 2.45) is 0 Å². The third-order valence-corrected chi connectivity index (χ3v) is 6.96. The van der Waals surface area contributed by atoms with E-state index >= 15 is 0 Å². The third-order valence-electron chi connectivity index (χ3n) is 6.04. The number of piperazine rings is 1. The van der Waals surface area contributed by atoms with Gasteiger partial charge < -0.3 is 23.8 Å². The predicted octanol–water partition coefficient (Wildman–Crippen LogP) is 3.31. The molecule has 34 heavy (non-hydrogen) atoms. The summed E-state index contributed by atoms with van der Waals surface area (Å²) >= 11 is 1.59. The smallest absolute Gasteiger partial charge is 0.267 e. The fourth-order valence-electron chi connectivity index (χ4n) is 4.26. The van der Waals surface area contributed by atoms with Crippen LogP contribution in [0.15, 0.2) is 47.8 Å². The Balaban J connectivity index is 1.17. The summed E-state index contributed by atoms with van der Waals surface area (Å²) in [6.07, 6.45) is -0.597. The average molecular weight is 482 g/mol. The summed E-state index contributed by atoms with van der Waals surface area (Å²) in [5.41, 5.74) is 1.93. The summed E-state index contributed by atoms with van der Waals surface area (Å²) in [5.74, 6) is 2.67. The van der Waals surface area contributed by atoms with Crippen molar-refractivity contribution >= 4 is 17.2 Å². The topological polar surface area (TPSA) is 73.4 Å². The van der Waals surface area contributed by atoms with Gasteiger partial charge in [-0.15, -0.1) is 11.3 Å². The fourth-order valence-corrected chi connectivity index (χ4v) is 5.09. The van der Waals surface area contributed by atoms with E-state index in [1.165, 1.54) is 0 Å². The minimum absolute atomic E-state index is 0.0183. The standard InChI is InChI=1S/C25H27N3O5S/c1-30-21-9-5-6-18(23(21)31-2)24-26-17(16-34-24)14-27-10-12-28(13-11-27)25(29)22-15-32-19-7-3-4-8-20(19)33-22/h3-9,16,22H,10-15H2,1-2H3/t22-/m0/s1. The number of amides is 1. The van der Waals surface area contributed by atoms with Crippen molar-refractivity contribution in [3.63, 3.8) is 0 Å². The number of fused-ring (bicyclic) bond motifs is 1. The van der Waals surface area contributed by atoms with E-state index in [-0.39, 0.29) is 12.5 Å². The first-order valence-electron chi connectivity index (χ1n) is 11.2. The van der Waals surface area contributed by atoms with Crippen LogP contribution in [0.5, 0.6) is 23.0 Å². The van der Waals surface area contributed by atoms with Crippen molar-refractivity contribution in [2.45, 2.75) is 12.6 Å². The van der Waals surface area contributed by atoms with Crippen molar-refractivity contribution in [1.29, 1.82) is 0 Å². The minimum atomic E-state index is -0.597. The summed E-state index contributed by atoms with van der Waals surface area (Å²) in [6.45, 7) is 3.85. The number of thiazole rings is 1. The number of aromatic nitrogens is 1. The van der Waals surface area contributed by atoms with Crippen LogP contribution in [-0.2, 0) is 11.3 Å². The van der Waals surface area contributed by atoms with Gasteiger partial charge in [0.2, 0.25) is 6.10 Å². The average Bonchev–Trinajstić information content (AvgIpc) is 3.36. The number of hydrogen-bond acceptors (Lipinski definition) is 8. The molecule has 0 unspecified atom stereocenters. The van der Waals surface area contributed by atoms with Gasteiger partial charge in [0.15, 0.2) is 23.0 Å². The van der Waals surface area contributed by atoms with Crippen molar-refractivity contribution in [3.05, 3.63) is 53.5 Å². The number of carbonyl (C=O) groups excluding carboxylic acids is 1. The van der Waals surface area contributed by atoms with Crippen LogP contribution in [0.1, 0.15) is 5.69 Å². The third kappa shape index (κ3) is 4.53. The van der Waals surface area contributed by atoms with Gasteiger partial charge in [-0.1, -0.05) is 18.2 Å². The molecule has 2 aliphatic rings. The van der Waals surface area contributed by atoms with Gasteiger partial charge in [0, 0.05) is 38.1 Å². The molecule has 9 heteroatoms. The molecule has 0 bridgehead atoms. The van der Waals surface area contributed by atoms with Crippen LogP contribution in [-0.4, -0.2) is 73.8 Å². The number of para-hydroxylation sites is 3.